The van der Waals surface area contributed by atoms with Crippen LogP contribution in [0.15, 0.2) is 42.7 Å². The molecule has 0 aliphatic carbocycles. The van der Waals surface area contributed by atoms with Crippen LogP contribution < -0.4 is 0 Å². The minimum absolute atomic E-state index is 0.00126. The summed E-state index contributed by atoms with van der Waals surface area (Å²) in [6.45, 7) is 4.04. The van der Waals surface area contributed by atoms with Crippen LogP contribution in [0.4, 0.5) is 0 Å². The fourth-order valence-corrected chi connectivity index (χ4v) is 3.21. The number of rotatable bonds is 2. The Labute approximate surface area is 140 Å². The number of amides is 1. The predicted octanol–water partition coefficient (Wildman–Crippen LogP) is 2.25. The summed E-state index contributed by atoms with van der Waals surface area (Å²) in [4.78, 5) is 19.0. The van der Waals surface area contributed by atoms with Crippen LogP contribution in [0.25, 0.3) is 11.3 Å². The van der Waals surface area contributed by atoms with Crippen LogP contribution in [0.1, 0.15) is 21.9 Å². The Balaban J connectivity index is 1.61. The number of nitrogens with zero attached hydrogens (tertiary/aromatic N) is 5. The van der Waals surface area contributed by atoms with Gasteiger partial charge in [-0.3, -0.25) is 9.48 Å². The van der Waals surface area contributed by atoms with E-state index >= 15 is 0 Å². The molecule has 0 saturated heterocycles. The van der Waals surface area contributed by atoms with E-state index in [1.54, 1.807) is 24.0 Å². The SMILES string of the molecule is Cc1cccc(-c2cnc3n2CCN(C(=O)c2ccnn2C)C3)c1. The molecule has 122 valence electrons. The molecule has 1 amide bonds. The Hall–Kier alpha value is -2.89. The Morgan fingerprint density at radius 2 is 2.08 bits per heavy atom. The van der Waals surface area contributed by atoms with Gasteiger partial charge >= 0.3 is 0 Å². The zero-order valence-corrected chi connectivity index (χ0v) is 13.8. The normalized spacial score (nSPS) is 13.8. The van der Waals surface area contributed by atoms with Crippen molar-refractivity contribution in [2.24, 2.45) is 7.05 Å². The molecular formula is C18H19N5O. The van der Waals surface area contributed by atoms with Gasteiger partial charge in [-0.2, -0.15) is 5.10 Å². The molecule has 6 nitrogen and oxygen atoms in total. The van der Waals surface area contributed by atoms with E-state index in [-0.39, 0.29) is 5.91 Å². The largest absolute Gasteiger partial charge is 0.328 e. The van der Waals surface area contributed by atoms with Gasteiger partial charge < -0.3 is 9.47 Å². The number of imidazole rings is 1. The molecule has 0 fully saturated rings. The van der Waals surface area contributed by atoms with Crippen LogP contribution in [0.3, 0.4) is 0 Å². The molecule has 3 heterocycles. The van der Waals surface area contributed by atoms with Gasteiger partial charge in [0.2, 0.25) is 0 Å². The Morgan fingerprint density at radius 3 is 2.83 bits per heavy atom. The fourth-order valence-electron chi connectivity index (χ4n) is 3.21. The number of fused-ring (bicyclic) bond motifs is 1. The minimum atomic E-state index is 0.00126. The zero-order valence-electron chi connectivity index (χ0n) is 13.8. The van der Waals surface area contributed by atoms with Crippen molar-refractivity contribution in [2.75, 3.05) is 6.54 Å². The number of aryl methyl sites for hydroxylation is 2. The highest BCUT2D eigenvalue weighted by atomic mass is 16.2. The number of benzene rings is 1. The van der Waals surface area contributed by atoms with Gasteiger partial charge in [0.1, 0.15) is 11.5 Å². The number of hydrogen-bond acceptors (Lipinski definition) is 3. The van der Waals surface area contributed by atoms with E-state index in [1.807, 2.05) is 11.1 Å². The number of carbonyl (C=O) groups excluding carboxylic acids is 1. The molecule has 2 aromatic heterocycles. The third-order valence-electron chi connectivity index (χ3n) is 4.51. The highest BCUT2D eigenvalue weighted by Crippen LogP contribution is 2.25. The first-order valence-electron chi connectivity index (χ1n) is 8.02. The van der Waals surface area contributed by atoms with Crippen molar-refractivity contribution in [3.05, 3.63) is 59.8 Å². The molecule has 0 N–H and O–H groups in total. The molecule has 0 atom stereocenters. The predicted molar refractivity (Wildman–Crippen MR) is 90.3 cm³/mol. The van der Waals surface area contributed by atoms with Crippen molar-refractivity contribution in [1.82, 2.24) is 24.2 Å². The lowest BCUT2D eigenvalue weighted by Crippen LogP contribution is -2.39. The summed E-state index contributed by atoms with van der Waals surface area (Å²) in [5, 5.41) is 4.08. The summed E-state index contributed by atoms with van der Waals surface area (Å²) in [7, 11) is 1.79. The summed E-state index contributed by atoms with van der Waals surface area (Å²) in [5.74, 6) is 0.926. The van der Waals surface area contributed by atoms with Gasteiger partial charge in [0, 0.05) is 31.9 Å². The molecule has 4 rings (SSSR count). The average Bonchev–Trinajstić information content (AvgIpc) is 3.19. The van der Waals surface area contributed by atoms with Crippen molar-refractivity contribution in [2.45, 2.75) is 20.0 Å². The summed E-state index contributed by atoms with van der Waals surface area (Å²) in [6, 6.07) is 10.2. The lowest BCUT2D eigenvalue weighted by Gasteiger charge is -2.28. The minimum Gasteiger partial charge on any atom is -0.328 e. The van der Waals surface area contributed by atoms with Gasteiger partial charge in [-0.05, 0) is 19.1 Å². The second-order valence-electron chi connectivity index (χ2n) is 6.15. The van der Waals surface area contributed by atoms with E-state index < -0.39 is 0 Å². The van der Waals surface area contributed by atoms with Gasteiger partial charge in [0.15, 0.2) is 0 Å². The maximum atomic E-state index is 12.6. The molecule has 6 heteroatoms. The molecule has 1 aliphatic rings. The van der Waals surface area contributed by atoms with Crippen LogP contribution in [0.2, 0.25) is 0 Å². The monoisotopic (exact) mass is 321 g/mol. The second kappa shape index (κ2) is 5.63. The highest BCUT2D eigenvalue weighted by Gasteiger charge is 2.26. The van der Waals surface area contributed by atoms with Gasteiger partial charge in [0.25, 0.3) is 5.91 Å². The number of hydrogen-bond donors (Lipinski definition) is 0. The van der Waals surface area contributed by atoms with E-state index in [0.29, 0.717) is 18.8 Å². The zero-order chi connectivity index (χ0) is 16.7. The van der Waals surface area contributed by atoms with Crippen LogP contribution in [-0.2, 0) is 20.1 Å². The first kappa shape index (κ1) is 14.7. The van der Waals surface area contributed by atoms with E-state index in [0.717, 1.165) is 18.1 Å². The van der Waals surface area contributed by atoms with Gasteiger partial charge in [-0.1, -0.05) is 23.8 Å². The molecule has 3 aromatic rings. The lowest BCUT2D eigenvalue weighted by molar-refractivity contribution is 0.0697. The van der Waals surface area contributed by atoms with Crippen LogP contribution in [0.5, 0.6) is 0 Å². The van der Waals surface area contributed by atoms with E-state index in [1.165, 1.54) is 11.1 Å². The average molecular weight is 321 g/mol. The molecule has 0 bridgehead atoms. The van der Waals surface area contributed by atoms with Gasteiger partial charge in [-0.15, -0.1) is 0 Å². The van der Waals surface area contributed by atoms with Crippen molar-refractivity contribution in [3.63, 3.8) is 0 Å². The smallest absolute Gasteiger partial charge is 0.272 e. The number of carbonyl (C=O) groups is 1. The number of aromatic nitrogens is 4. The van der Waals surface area contributed by atoms with E-state index in [9.17, 15) is 4.79 Å². The van der Waals surface area contributed by atoms with Crippen molar-refractivity contribution in [1.29, 1.82) is 0 Å². The third-order valence-corrected chi connectivity index (χ3v) is 4.51. The quantitative estimate of drug-likeness (QED) is 0.727. The third kappa shape index (κ3) is 2.40. The van der Waals surface area contributed by atoms with Crippen molar-refractivity contribution >= 4 is 5.91 Å². The van der Waals surface area contributed by atoms with Crippen LogP contribution >= 0.6 is 0 Å². The highest BCUT2D eigenvalue weighted by molar-refractivity contribution is 5.92. The van der Waals surface area contributed by atoms with Gasteiger partial charge in [-0.25, -0.2) is 4.98 Å². The Morgan fingerprint density at radius 1 is 1.21 bits per heavy atom. The van der Waals surface area contributed by atoms with Crippen LogP contribution in [0, 0.1) is 6.92 Å². The molecule has 24 heavy (non-hydrogen) atoms. The fraction of sp³-hybridized carbons (Fsp3) is 0.278. The maximum absolute atomic E-state index is 12.6. The molecule has 1 aliphatic heterocycles. The molecule has 1 aromatic carbocycles. The van der Waals surface area contributed by atoms with E-state index in [2.05, 4.69) is 45.8 Å². The maximum Gasteiger partial charge on any atom is 0.272 e. The standard InChI is InChI=1S/C18H19N5O/c1-13-4-3-5-14(10-13)16-11-19-17-12-22(8-9-23(16)17)18(24)15-6-7-20-21(15)2/h3-7,10-11H,8-9,12H2,1-2H3. The first-order chi connectivity index (χ1) is 11.6. The Bertz CT molecular complexity index is 908. The van der Waals surface area contributed by atoms with E-state index in [4.69, 9.17) is 0 Å². The molecular weight excluding hydrogens is 302 g/mol. The molecule has 0 radical (unpaired) electrons. The second-order valence-corrected chi connectivity index (χ2v) is 6.15. The topological polar surface area (TPSA) is 56.0 Å². The first-order valence-corrected chi connectivity index (χ1v) is 8.02. The Kier molecular flexibility index (Phi) is 3.45. The summed E-state index contributed by atoms with van der Waals surface area (Å²) >= 11 is 0. The summed E-state index contributed by atoms with van der Waals surface area (Å²) < 4.78 is 3.82. The molecule has 0 unspecified atom stereocenters. The van der Waals surface area contributed by atoms with Crippen LogP contribution in [-0.4, -0.2) is 36.7 Å². The lowest BCUT2D eigenvalue weighted by atomic mass is 10.1. The summed E-state index contributed by atoms with van der Waals surface area (Å²) in [6.07, 6.45) is 3.55. The van der Waals surface area contributed by atoms with Crippen molar-refractivity contribution < 1.29 is 4.79 Å². The summed E-state index contributed by atoms with van der Waals surface area (Å²) in [5.41, 5.74) is 4.11. The molecule has 0 saturated carbocycles. The molecule has 0 spiro atoms. The van der Waals surface area contributed by atoms with Gasteiger partial charge in [0.05, 0.1) is 18.4 Å². The van der Waals surface area contributed by atoms with Crippen molar-refractivity contribution in [3.8, 4) is 11.3 Å².